The van der Waals surface area contributed by atoms with Crippen LogP contribution in [-0.2, 0) is 0 Å². The van der Waals surface area contributed by atoms with Crippen molar-refractivity contribution in [3.8, 4) is 0 Å². The molecule has 0 saturated heterocycles. The lowest BCUT2D eigenvalue weighted by Crippen LogP contribution is -2.13. The minimum absolute atomic E-state index is 0.253. The van der Waals surface area contributed by atoms with Gasteiger partial charge in [0, 0.05) is 17.6 Å². The zero-order chi connectivity index (χ0) is 11.5. The third-order valence-electron chi connectivity index (χ3n) is 2.07. The van der Waals surface area contributed by atoms with Crippen molar-refractivity contribution >= 4 is 17.4 Å². The molecule has 0 unspecified atom stereocenters. The molecule has 0 bridgehead atoms. The quantitative estimate of drug-likeness (QED) is 0.697. The molecule has 2 heterocycles. The molecule has 0 aromatic carbocycles. The van der Waals surface area contributed by atoms with E-state index in [1.165, 1.54) is 6.20 Å². The second-order valence-electron chi connectivity index (χ2n) is 3.34. The highest BCUT2D eigenvalue weighted by Crippen LogP contribution is 2.12. The van der Waals surface area contributed by atoms with Crippen molar-refractivity contribution in [2.24, 2.45) is 0 Å². The second-order valence-corrected chi connectivity index (χ2v) is 3.34. The molecule has 6 nitrogen and oxygen atoms in total. The number of aromatic nitrogens is 3. The summed E-state index contributed by atoms with van der Waals surface area (Å²) in [4.78, 5) is 15.8. The van der Waals surface area contributed by atoms with Crippen LogP contribution in [0.3, 0.4) is 0 Å². The molecular formula is C10H11N5O. The lowest BCUT2D eigenvalue weighted by Gasteiger charge is -2.04. The normalized spacial score (nSPS) is 10.1. The van der Waals surface area contributed by atoms with Gasteiger partial charge in [0.15, 0.2) is 0 Å². The van der Waals surface area contributed by atoms with Crippen molar-refractivity contribution in [2.45, 2.75) is 6.92 Å². The zero-order valence-corrected chi connectivity index (χ0v) is 8.69. The van der Waals surface area contributed by atoms with Crippen LogP contribution in [0.25, 0.3) is 0 Å². The monoisotopic (exact) mass is 217 g/mol. The highest BCUT2D eigenvalue weighted by Gasteiger charge is 2.11. The smallest absolute Gasteiger partial charge is 0.261 e. The molecule has 0 spiro atoms. The molecule has 0 radical (unpaired) electrons. The van der Waals surface area contributed by atoms with Crippen LogP contribution in [0.5, 0.6) is 0 Å². The number of nitrogens with two attached hydrogens (primary N) is 1. The molecular weight excluding hydrogens is 206 g/mol. The number of hydrogen-bond donors (Lipinski definition) is 3. The van der Waals surface area contributed by atoms with E-state index >= 15 is 0 Å². The first-order valence-electron chi connectivity index (χ1n) is 4.69. The number of carbonyl (C=O) groups is 1. The first kappa shape index (κ1) is 10.2. The summed E-state index contributed by atoms with van der Waals surface area (Å²) in [6, 6.07) is 3.48. The van der Waals surface area contributed by atoms with Crippen LogP contribution in [0.15, 0.2) is 24.5 Å². The Morgan fingerprint density at radius 3 is 3.00 bits per heavy atom. The van der Waals surface area contributed by atoms with Crippen molar-refractivity contribution < 1.29 is 4.79 Å². The van der Waals surface area contributed by atoms with E-state index in [0.29, 0.717) is 11.3 Å². The first-order chi connectivity index (χ1) is 7.66. The minimum Gasteiger partial charge on any atom is -0.383 e. The lowest BCUT2D eigenvalue weighted by atomic mass is 10.3. The Morgan fingerprint density at radius 1 is 1.56 bits per heavy atom. The molecule has 6 heteroatoms. The fraction of sp³-hybridized carbons (Fsp3) is 0.100. The van der Waals surface area contributed by atoms with Crippen LogP contribution in [0.2, 0.25) is 0 Å². The van der Waals surface area contributed by atoms with Crippen molar-refractivity contribution in [3.63, 3.8) is 0 Å². The van der Waals surface area contributed by atoms with Crippen LogP contribution >= 0.6 is 0 Å². The highest BCUT2D eigenvalue weighted by molar-refractivity contribution is 6.07. The number of rotatable bonds is 2. The van der Waals surface area contributed by atoms with Crippen molar-refractivity contribution in [2.75, 3.05) is 11.1 Å². The molecule has 82 valence electrons. The Labute approximate surface area is 91.9 Å². The molecule has 0 aliphatic carbocycles. The summed E-state index contributed by atoms with van der Waals surface area (Å²) in [5, 5.41) is 8.89. The Kier molecular flexibility index (Phi) is 2.55. The number of aromatic amines is 1. The van der Waals surface area contributed by atoms with Gasteiger partial charge in [-0.15, -0.1) is 0 Å². The minimum atomic E-state index is -0.295. The molecule has 0 aliphatic heterocycles. The van der Waals surface area contributed by atoms with Crippen molar-refractivity contribution in [1.29, 1.82) is 0 Å². The van der Waals surface area contributed by atoms with E-state index in [1.54, 1.807) is 18.3 Å². The summed E-state index contributed by atoms with van der Waals surface area (Å²) >= 11 is 0. The maximum absolute atomic E-state index is 11.7. The van der Waals surface area contributed by atoms with Gasteiger partial charge in [0.25, 0.3) is 5.91 Å². The van der Waals surface area contributed by atoms with Gasteiger partial charge in [0.05, 0.1) is 6.20 Å². The first-order valence-corrected chi connectivity index (χ1v) is 4.69. The summed E-state index contributed by atoms with van der Waals surface area (Å²) in [6.45, 7) is 1.85. The summed E-state index contributed by atoms with van der Waals surface area (Å²) in [7, 11) is 0. The van der Waals surface area contributed by atoms with Crippen LogP contribution in [0, 0.1) is 6.92 Å². The molecule has 0 aliphatic rings. The topological polar surface area (TPSA) is 96.7 Å². The highest BCUT2D eigenvalue weighted by atomic mass is 16.1. The van der Waals surface area contributed by atoms with Crippen LogP contribution in [-0.4, -0.2) is 21.1 Å². The van der Waals surface area contributed by atoms with Gasteiger partial charge in [0.2, 0.25) is 0 Å². The predicted octanol–water partition coefficient (Wildman–Crippen LogP) is 0.948. The van der Waals surface area contributed by atoms with Gasteiger partial charge in [-0.2, -0.15) is 5.10 Å². The average Bonchev–Trinajstić information content (AvgIpc) is 2.64. The number of carbonyl (C=O) groups excluding carboxylic acids is 1. The number of aryl methyl sites for hydroxylation is 1. The molecule has 0 atom stereocenters. The van der Waals surface area contributed by atoms with Gasteiger partial charge >= 0.3 is 0 Å². The Hall–Kier alpha value is -2.37. The van der Waals surface area contributed by atoms with E-state index in [4.69, 9.17) is 5.73 Å². The molecule has 2 aromatic heterocycles. The predicted molar refractivity (Wildman–Crippen MR) is 59.9 cm³/mol. The Bertz CT molecular complexity index is 519. The van der Waals surface area contributed by atoms with Gasteiger partial charge in [0.1, 0.15) is 11.4 Å². The zero-order valence-electron chi connectivity index (χ0n) is 8.69. The molecule has 16 heavy (non-hydrogen) atoms. The van der Waals surface area contributed by atoms with E-state index in [0.717, 1.165) is 5.69 Å². The van der Waals surface area contributed by atoms with Crippen LogP contribution < -0.4 is 11.1 Å². The summed E-state index contributed by atoms with van der Waals surface area (Å²) < 4.78 is 0. The number of nitrogens with one attached hydrogen (secondary N) is 2. The molecule has 0 saturated carbocycles. The van der Waals surface area contributed by atoms with Crippen LogP contribution in [0.1, 0.15) is 16.1 Å². The number of anilines is 2. The third-order valence-corrected chi connectivity index (χ3v) is 2.07. The second kappa shape index (κ2) is 4.01. The van der Waals surface area contributed by atoms with Gasteiger partial charge < -0.3 is 11.1 Å². The summed E-state index contributed by atoms with van der Waals surface area (Å²) in [5.41, 5.74) is 7.37. The number of H-pyrrole nitrogens is 1. The van der Waals surface area contributed by atoms with Crippen molar-refractivity contribution in [3.05, 3.63) is 35.8 Å². The van der Waals surface area contributed by atoms with Crippen molar-refractivity contribution in [1.82, 2.24) is 15.2 Å². The number of nitrogen functional groups attached to an aromatic ring is 1. The summed E-state index contributed by atoms with van der Waals surface area (Å²) in [5.74, 6) is -0.0415. The molecule has 2 rings (SSSR count). The number of pyridine rings is 1. The summed E-state index contributed by atoms with van der Waals surface area (Å²) in [6.07, 6.45) is 3.02. The molecule has 1 amide bonds. The standard InChI is InChI=1S/C10H11N5O/c1-6-4-7(2-3-12-6)14-10(16)8-5-13-15-9(8)11/h2-5H,1H3,(H3,11,13,15)(H,12,14,16). The van der Waals surface area contributed by atoms with E-state index in [1.807, 2.05) is 6.92 Å². The van der Waals surface area contributed by atoms with E-state index < -0.39 is 0 Å². The Balaban J connectivity index is 2.17. The van der Waals surface area contributed by atoms with E-state index in [2.05, 4.69) is 20.5 Å². The Morgan fingerprint density at radius 2 is 2.38 bits per heavy atom. The van der Waals surface area contributed by atoms with E-state index in [9.17, 15) is 4.79 Å². The third kappa shape index (κ3) is 2.00. The SMILES string of the molecule is Cc1cc(NC(=O)c2cn[nH]c2N)ccn1. The number of hydrogen-bond acceptors (Lipinski definition) is 4. The number of amides is 1. The molecule has 4 N–H and O–H groups in total. The van der Waals surface area contributed by atoms with Crippen LogP contribution in [0.4, 0.5) is 11.5 Å². The van der Waals surface area contributed by atoms with Gasteiger partial charge in [-0.3, -0.25) is 14.9 Å². The number of nitrogens with zero attached hydrogens (tertiary/aromatic N) is 2. The maximum Gasteiger partial charge on any atom is 0.261 e. The van der Waals surface area contributed by atoms with Gasteiger partial charge in [-0.1, -0.05) is 0 Å². The van der Waals surface area contributed by atoms with Gasteiger partial charge in [-0.25, -0.2) is 0 Å². The molecule has 2 aromatic rings. The average molecular weight is 217 g/mol. The fourth-order valence-electron chi connectivity index (χ4n) is 1.30. The van der Waals surface area contributed by atoms with E-state index in [-0.39, 0.29) is 11.7 Å². The fourth-order valence-corrected chi connectivity index (χ4v) is 1.30. The lowest BCUT2D eigenvalue weighted by molar-refractivity contribution is 0.102. The largest absolute Gasteiger partial charge is 0.383 e. The maximum atomic E-state index is 11.7. The van der Waals surface area contributed by atoms with Gasteiger partial charge in [-0.05, 0) is 19.1 Å². The molecule has 0 fully saturated rings.